The number of ether oxygens (including phenoxy) is 3. The molecule has 158 valence electrons. The Morgan fingerprint density at radius 2 is 2.13 bits per heavy atom. The Labute approximate surface area is 175 Å². The van der Waals surface area contributed by atoms with Gasteiger partial charge in [-0.25, -0.2) is 4.79 Å². The van der Waals surface area contributed by atoms with Crippen molar-refractivity contribution in [2.75, 3.05) is 38.8 Å². The SMILES string of the molecule is COc1ccc2c(c1)N(C(C)=O)[C@H]1[C@@H]3COC4=C(C(=O)OC4)[C@@H]3C[C@@H]3N(C)CCC231. The highest BCUT2D eigenvalue weighted by Crippen LogP contribution is 2.62. The molecule has 5 aliphatic rings. The third kappa shape index (κ3) is 2.04. The fraction of sp³-hybridized carbons (Fsp3) is 0.565. The van der Waals surface area contributed by atoms with Crippen molar-refractivity contribution in [1.82, 2.24) is 4.90 Å². The number of likely N-dealkylation sites (N-methyl/N-ethyl adjacent to an activating group) is 1. The van der Waals surface area contributed by atoms with Crippen molar-refractivity contribution >= 4 is 17.6 Å². The summed E-state index contributed by atoms with van der Waals surface area (Å²) in [5, 5.41) is 0. The number of likely N-dealkylation sites (tertiary alicyclic amines) is 1. The molecule has 1 aromatic carbocycles. The lowest BCUT2D eigenvalue weighted by atomic mass is 9.56. The number of benzene rings is 1. The van der Waals surface area contributed by atoms with Crippen LogP contribution in [0.25, 0.3) is 0 Å². The third-order valence-corrected chi connectivity index (χ3v) is 8.19. The van der Waals surface area contributed by atoms with Crippen LogP contribution in [-0.2, 0) is 24.5 Å². The van der Waals surface area contributed by atoms with E-state index in [2.05, 4.69) is 18.0 Å². The van der Waals surface area contributed by atoms with Crippen LogP contribution in [-0.4, -0.2) is 62.8 Å². The number of carbonyl (C=O) groups is 2. The largest absolute Gasteiger partial charge is 0.497 e. The second kappa shape index (κ2) is 6.00. The number of carbonyl (C=O) groups excluding carboxylic acids is 2. The third-order valence-electron chi connectivity index (χ3n) is 8.19. The zero-order valence-corrected chi connectivity index (χ0v) is 17.5. The number of methoxy groups -OCH3 is 1. The molecule has 4 aliphatic heterocycles. The van der Waals surface area contributed by atoms with Gasteiger partial charge < -0.3 is 24.0 Å². The highest BCUT2D eigenvalue weighted by Gasteiger charge is 2.67. The lowest BCUT2D eigenvalue weighted by Crippen LogP contribution is -2.63. The molecular formula is C23H26N2O5. The molecule has 1 amide bonds. The Balaban J connectivity index is 1.57. The fourth-order valence-corrected chi connectivity index (χ4v) is 7.09. The molecule has 1 saturated carbocycles. The minimum Gasteiger partial charge on any atom is -0.497 e. The molecule has 1 spiro atoms. The Morgan fingerprint density at radius 3 is 2.90 bits per heavy atom. The summed E-state index contributed by atoms with van der Waals surface area (Å²) in [6.07, 6.45) is 1.87. The van der Waals surface area contributed by atoms with E-state index in [4.69, 9.17) is 14.2 Å². The molecule has 0 aromatic heterocycles. The van der Waals surface area contributed by atoms with Gasteiger partial charge in [-0.2, -0.15) is 0 Å². The molecule has 0 bridgehead atoms. The summed E-state index contributed by atoms with van der Waals surface area (Å²) < 4.78 is 16.9. The topological polar surface area (TPSA) is 68.3 Å². The Hall–Kier alpha value is -2.54. The van der Waals surface area contributed by atoms with Gasteiger partial charge in [0.05, 0.1) is 31.0 Å². The second-order valence-corrected chi connectivity index (χ2v) is 9.23. The monoisotopic (exact) mass is 410 g/mol. The van der Waals surface area contributed by atoms with Crippen LogP contribution in [0.15, 0.2) is 29.5 Å². The van der Waals surface area contributed by atoms with Crippen molar-refractivity contribution in [1.29, 1.82) is 0 Å². The molecular weight excluding hydrogens is 384 g/mol. The molecule has 5 atom stereocenters. The number of rotatable bonds is 1. The molecule has 7 heteroatoms. The summed E-state index contributed by atoms with van der Waals surface area (Å²) in [5.41, 5.74) is 2.72. The number of fused-ring (bicyclic) bond motifs is 4. The minimum atomic E-state index is -0.251. The van der Waals surface area contributed by atoms with Crippen molar-refractivity contribution in [3.8, 4) is 5.75 Å². The maximum atomic E-state index is 13.0. The highest BCUT2D eigenvalue weighted by molar-refractivity contribution is 5.97. The first-order valence-electron chi connectivity index (χ1n) is 10.7. The van der Waals surface area contributed by atoms with Gasteiger partial charge in [-0.05, 0) is 38.1 Å². The summed E-state index contributed by atoms with van der Waals surface area (Å²) >= 11 is 0. The maximum absolute atomic E-state index is 13.0. The fourth-order valence-electron chi connectivity index (χ4n) is 7.09. The molecule has 4 heterocycles. The first-order chi connectivity index (χ1) is 14.5. The highest BCUT2D eigenvalue weighted by atomic mass is 16.6. The summed E-state index contributed by atoms with van der Waals surface area (Å²) in [6, 6.07) is 6.34. The first-order valence-corrected chi connectivity index (χ1v) is 10.7. The van der Waals surface area contributed by atoms with E-state index in [0.29, 0.717) is 17.9 Å². The van der Waals surface area contributed by atoms with Crippen molar-refractivity contribution in [2.24, 2.45) is 11.8 Å². The standard InChI is InChI=1S/C23H26N2O5/c1-12(26)25-17-8-13(28-3)4-5-16(17)23-6-7-24(2)19(23)9-14-15(21(23)25)10-29-18-11-30-22(27)20(14)18/h4-5,8,14-15,19,21H,6-7,9-11H2,1-3H3/t14-,15-,19+,21+,23?/m1/s1. The molecule has 2 fully saturated rings. The van der Waals surface area contributed by atoms with E-state index in [0.717, 1.165) is 30.8 Å². The number of cyclic esters (lactones) is 1. The quantitative estimate of drug-likeness (QED) is 0.659. The number of amides is 1. The Morgan fingerprint density at radius 1 is 1.30 bits per heavy atom. The number of hydrogen-bond acceptors (Lipinski definition) is 6. The molecule has 1 unspecified atom stereocenters. The van der Waals surface area contributed by atoms with Gasteiger partial charge in [0, 0.05) is 36.3 Å². The predicted octanol–water partition coefficient (Wildman–Crippen LogP) is 1.85. The normalized spacial score (nSPS) is 36.4. The van der Waals surface area contributed by atoms with E-state index in [-0.39, 0.29) is 47.8 Å². The van der Waals surface area contributed by atoms with E-state index in [1.54, 1.807) is 14.0 Å². The molecule has 30 heavy (non-hydrogen) atoms. The minimum absolute atomic E-state index is 0.0223. The molecule has 0 radical (unpaired) electrons. The van der Waals surface area contributed by atoms with Crippen LogP contribution in [0, 0.1) is 11.8 Å². The summed E-state index contributed by atoms with van der Waals surface area (Å²) in [5.74, 6) is 1.32. The van der Waals surface area contributed by atoms with Crippen LogP contribution >= 0.6 is 0 Å². The Kier molecular flexibility index (Phi) is 3.65. The molecule has 0 N–H and O–H groups in total. The van der Waals surface area contributed by atoms with Crippen molar-refractivity contribution < 1.29 is 23.8 Å². The van der Waals surface area contributed by atoms with Crippen LogP contribution in [0.1, 0.15) is 25.3 Å². The van der Waals surface area contributed by atoms with Gasteiger partial charge in [-0.15, -0.1) is 0 Å². The molecule has 1 saturated heterocycles. The van der Waals surface area contributed by atoms with Gasteiger partial charge in [-0.3, -0.25) is 4.79 Å². The lowest BCUT2D eigenvalue weighted by molar-refractivity contribution is -0.136. The van der Waals surface area contributed by atoms with E-state index in [1.165, 1.54) is 5.56 Å². The number of hydrogen-bond donors (Lipinski definition) is 0. The zero-order valence-electron chi connectivity index (χ0n) is 17.5. The molecule has 1 aromatic rings. The maximum Gasteiger partial charge on any atom is 0.338 e. The van der Waals surface area contributed by atoms with E-state index >= 15 is 0 Å². The smallest absolute Gasteiger partial charge is 0.338 e. The molecule has 7 nitrogen and oxygen atoms in total. The van der Waals surface area contributed by atoms with Gasteiger partial charge >= 0.3 is 5.97 Å². The van der Waals surface area contributed by atoms with Gasteiger partial charge in [0.2, 0.25) is 5.91 Å². The van der Waals surface area contributed by atoms with E-state index in [9.17, 15) is 9.59 Å². The van der Waals surface area contributed by atoms with Crippen LogP contribution in [0.4, 0.5) is 5.69 Å². The molecule has 6 rings (SSSR count). The van der Waals surface area contributed by atoms with Crippen LogP contribution in [0.5, 0.6) is 5.75 Å². The number of esters is 1. The predicted molar refractivity (Wildman–Crippen MR) is 108 cm³/mol. The van der Waals surface area contributed by atoms with Crippen molar-refractivity contribution in [3.63, 3.8) is 0 Å². The second-order valence-electron chi connectivity index (χ2n) is 9.23. The van der Waals surface area contributed by atoms with Crippen LogP contribution in [0.3, 0.4) is 0 Å². The summed E-state index contributed by atoms with van der Waals surface area (Å²) in [6.45, 7) is 3.35. The Bertz CT molecular complexity index is 1000. The van der Waals surface area contributed by atoms with Gasteiger partial charge in [-0.1, -0.05) is 6.07 Å². The lowest BCUT2D eigenvalue weighted by Gasteiger charge is -2.53. The molecule has 1 aliphatic carbocycles. The average Bonchev–Trinajstić information content (AvgIpc) is 3.38. The summed E-state index contributed by atoms with van der Waals surface area (Å²) in [4.78, 5) is 30.0. The summed E-state index contributed by atoms with van der Waals surface area (Å²) in [7, 11) is 3.81. The average molecular weight is 410 g/mol. The van der Waals surface area contributed by atoms with Crippen molar-refractivity contribution in [2.45, 2.75) is 37.3 Å². The van der Waals surface area contributed by atoms with Crippen LogP contribution < -0.4 is 9.64 Å². The van der Waals surface area contributed by atoms with E-state index in [1.807, 2.05) is 17.0 Å². The van der Waals surface area contributed by atoms with E-state index < -0.39 is 0 Å². The van der Waals surface area contributed by atoms with Crippen LogP contribution in [0.2, 0.25) is 0 Å². The number of nitrogens with zero attached hydrogens (tertiary/aromatic N) is 2. The van der Waals surface area contributed by atoms with Gasteiger partial charge in [0.15, 0.2) is 0 Å². The number of anilines is 1. The zero-order chi connectivity index (χ0) is 20.8. The first kappa shape index (κ1) is 18.2. The van der Waals surface area contributed by atoms with Gasteiger partial charge in [0.1, 0.15) is 18.1 Å². The van der Waals surface area contributed by atoms with Gasteiger partial charge in [0.25, 0.3) is 0 Å². The van der Waals surface area contributed by atoms with Crippen molar-refractivity contribution in [3.05, 3.63) is 35.1 Å².